The van der Waals surface area contributed by atoms with Gasteiger partial charge in [0.1, 0.15) is 17.2 Å². The number of nitrogens with zero attached hydrogens (tertiary/aromatic N) is 4. The minimum absolute atomic E-state index is 0.00951. The quantitative estimate of drug-likeness (QED) is 0.519. The van der Waals surface area contributed by atoms with Crippen LogP contribution in [0.5, 0.6) is 0 Å². The number of hydrogen-bond donors (Lipinski definition) is 2. The van der Waals surface area contributed by atoms with E-state index in [0.29, 0.717) is 75.2 Å². The highest BCUT2D eigenvalue weighted by Crippen LogP contribution is 2.26. The average molecular weight is 559 g/mol. The van der Waals surface area contributed by atoms with Crippen LogP contribution in [0.1, 0.15) is 64.5 Å². The molecule has 4 rings (SSSR count). The van der Waals surface area contributed by atoms with Crippen LogP contribution in [0.25, 0.3) is 0 Å². The summed E-state index contributed by atoms with van der Waals surface area (Å²) in [5, 5.41) is 6.25. The molecule has 9 nitrogen and oxygen atoms in total. The molecule has 1 fully saturated rings. The second-order valence-electron chi connectivity index (χ2n) is 11.3. The number of carbonyl (C=O) groups excluding carboxylic acids is 3. The Morgan fingerprint density at radius 3 is 2.58 bits per heavy atom. The number of benzene rings is 1. The van der Waals surface area contributed by atoms with Gasteiger partial charge in [-0.05, 0) is 63.1 Å². The number of aromatic nitrogens is 2. The normalized spacial score (nSPS) is 18.6. The van der Waals surface area contributed by atoms with Gasteiger partial charge in [-0.2, -0.15) is 0 Å². The Balaban J connectivity index is 1.39. The molecular weight excluding hydrogens is 518 g/mol. The van der Waals surface area contributed by atoms with E-state index in [9.17, 15) is 23.2 Å². The van der Waals surface area contributed by atoms with E-state index in [-0.39, 0.29) is 23.8 Å². The summed E-state index contributed by atoms with van der Waals surface area (Å²) in [6.07, 6.45) is 6.86. The summed E-state index contributed by atoms with van der Waals surface area (Å²) in [4.78, 5) is 46.3. The van der Waals surface area contributed by atoms with Gasteiger partial charge < -0.3 is 25.0 Å². The summed E-state index contributed by atoms with van der Waals surface area (Å²) in [5.74, 6) is -1.10. The van der Waals surface area contributed by atoms with Crippen molar-refractivity contribution in [2.45, 2.75) is 83.8 Å². The molecule has 1 aliphatic carbocycles. The van der Waals surface area contributed by atoms with Crippen molar-refractivity contribution in [1.82, 2.24) is 24.7 Å². The maximum absolute atomic E-state index is 14.4. The van der Waals surface area contributed by atoms with E-state index in [0.717, 1.165) is 12.5 Å². The van der Waals surface area contributed by atoms with Crippen LogP contribution in [0.15, 0.2) is 24.7 Å². The number of rotatable bonds is 8. The molecule has 1 aromatic heterocycles. The molecule has 0 saturated carbocycles. The summed E-state index contributed by atoms with van der Waals surface area (Å²) < 4.78 is 29.7. The molecule has 1 saturated heterocycles. The lowest BCUT2D eigenvalue weighted by Gasteiger charge is -2.32. The Hall–Kier alpha value is -3.34. The average Bonchev–Trinajstić information content (AvgIpc) is 3.23. The van der Waals surface area contributed by atoms with Crippen LogP contribution in [0.4, 0.5) is 14.6 Å². The van der Waals surface area contributed by atoms with Crippen molar-refractivity contribution < 1.29 is 23.2 Å². The van der Waals surface area contributed by atoms with Crippen molar-refractivity contribution in [3.63, 3.8) is 0 Å². The van der Waals surface area contributed by atoms with Crippen LogP contribution < -0.4 is 10.6 Å². The third-order valence-corrected chi connectivity index (χ3v) is 8.03. The predicted octanol–water partition coefficient (Wildman–Crippen LogP) is 3.23. The number of amides is 3. The highest BCUT2D eigenvalue weighted by molar-refractivity contribution is 5.94. The van der Waals surface area contributed by atoms with Crippen molar-refractivity contribution in [3.05, 3.63) is 47.4 Å². The number of nitrogens with one attached hydrogen (secondary N) is 2. The molecule has 0 spiro atoms. The van der Waals surface area contributed by atoms with Gasteiger partial charge in [-0.3, -0.25) is 14.4 Å². The molecule has 1 aromatic carbocycles. The fraction of sp³-hybridized carbons (Fsp3) is 0.586. The van der Waals surface area contributed by atoms with Crippen LogP contribution in [0.3, 0.4) is 0 Å². The molecule has 11 heteroatoms. The van der Waals surface area contributed by atoms with Gasteiger partial charge in [-0.25, -0.2) is 13.8 Å². The van der Waals surface area contributed by atoms with Crippen LogP contribution in [0.2, 0.25) is 0 Å². The minimum Gasteiger partial charge on any atom is -0.341 e. The Morgan fingerprint density at radius 1 is 1.12 bits per heavy atom. The molecule has 3 amide bonds. The second kappa shape index (κ2) is 12.4. The number of halogens is 2. The Labute approximate surface area is 234 Å². The molecule has 0 radical (unpaired) electrons. The van der Waals surface area contributed by atoms with E-state index in [1.807, 2.05) is 20.8 Å². The third-order valence-electron chi connectivity index (χ3n) is 8.03. The zero-order valence-electron chi connectivity index (χ0n) is 23.8. The number of imidazole rings is 1. The maximum atomic E-state index is 14.4. The highest BCUT2D eigenvalue weighted by Gasteiger charge is 2.35. The van der Waals surface area contributed by atoms with Crippen LogP contribution in [-0.2, 0) is 32.8 Å². The van der Waals surface area contributed by atoms with Gasteiger partial charge in [-0.1, -0.05) is 13.3 Å². The van der Waals surface area contributed by atoms with Crippen molar-refractivity contribution in [2.24, 2.45) is 0 Å². The molecule has 0 bridgehead atoms. The van der Waals surface area contributed by atoms with Crippen LogP contribution in [-0.4, -0.2) is 75.3 Å². The van der Waals surface area contributed by atoms with Crippen molar-refractivity contribution in [3.8, 4) is 0 Å². The molecule has 1 aliphatic heterocycles. The first-order valence-corrected chi connectivity index (χ1v) is 14.1. The van der Waals surface area contributed by atoms with E-state index in [4.69, 9.17) is 0 Å². The molecule has 2 aromatic rings. The first kappa shape index (κ1) is 29.6. The standard InChI is InChI=1S/C29H40F2N6O3/c1-5-7-25(33-22-9-8-20-14-21(30)15-24(31)23(20)16-22)27(39)34-26-17-37(18-32-26)29(3,4)28(40)36-11-6-10-35(12-13-36)19(2)38/h14-15,17-18,22,25,33H,5-13,16H2,1-4H3,(H,34,39)/t22?,25-/m0/s1. The molecule has 2 N–H and O–H groups in total. The van der Waals surface area contributed by atoms with Gasteiger partial charge in [-0.15, -0.1) is 0 Å². The molecule has 2 heterocycles. The van der Waals surface area contributed by atoms with Gasteiger partial charge in [0.05, 0.1) is 12.4 Å². The number of aryl methyl sites for hydroxylation is 1. The van der Waals surface area contributed by atoms with E-state index in [1.165, 1.54) is 12.4 Å². The summed E-state index contributed by atoms with van der Waals surface area (Å²) >= 11 is 0. The predicted molar refractivity (Wildman–Crippen MR) is 148 cm³/mol. The fourth-order valence-corrected chi connectivity index (χ4v) is 5.63. The Morgan fingerprint density at radius 2 is 1.85 bits per heavy atom. The Kier molecular flexibility index (Phi) is 9.22. The lowest BCUT2D eigenvalue weighted by molar-refractivity contribution is -0.139. The van der Waals surface area contributed by atoms with Crippen LogP contribution in [0, 0.1) is 11.6 Å². The lowest BCUT2D eigenvalue weighted by atomic mass is 9.87. The van der Waals surface area contributed by atoms with Gasteiger partial charge in [0.15, 0.2) is 5.82 Å². The number of carbonyl (C=O) groups is 3. The van der Waals surface area contributed by atoms with E-state index in [1.54, 1.807) is 27.5 Å². The van der Waals surface area contributed by atoms with Gasteiger partial charge in [0.25, 0.3) is 0 Å². The van der Waals surface area contributed by atoms with Gasteiger partial charge >= 0.3 is 0 Å². The SMILES string of the molecule is CCC[C@H](NC1CCc2cc(F)cc(F)c2C1)C(=O)Nc1cn(C(C)(C)C(=O)N2CCCN(C(C)=O)CC2)cn1. The molecule has 2 aliphatic rings. The maximum Gasteiger partial charge on any atom is 0.248 e. The summed E-state index contributed by atoms with van der Waals surface area (Å²) in [5.41, 5.74) is 0.248. The van der Waals surface area contributed by atoms with Crippen molar-refractivity contribution >= 4 is 23.5 Å². The molecule has 1 unspecified atom stereocenters. The number of anilines is 1. The minimum atomic E-state index is -0.943. The summed E-state index contributed by atoms with van der Waals surface area (Å²) in [6, 6.07) is 1.67. The topological polar surface area (TPSA) is 99.6 Å². The zero-order valence-corrected chi connectivity index (χ0v) is 23.8. The third kappa shape index (κ3) is 6.68. The van der Waals surface area contributed by atoms with Crippen LogP contribution >= 0.6 is 0 Å². The van der Waals surface area contributed by atoms with Gasteiger partial charge in [0.2, 0.25) is 17.7 Å². The highest BCUT2D eigenvalue weighted by atomic mass is 19.1. The number of hydrogen-bond acceptors (Lipinski definition) is 5. The Bertz CT molecular complexity index is 1250. The first-order valence-electron chi connectivity index (χ1n) is 14.1. The van der Waals surface area contributed by atoms with E-state index in [2.05, 4.69) is 15.6 Å². The lowest BCUT2D eigenvalue weighted by Crippen LogP contribution is -2.48. The van der Waals surface area contributed by atoms with E-state index >= 15 is 0 Å². The molecule has 2 atom stereocenters. The molecule has 40 heavy (non-hydrogen) atoms. The summed E-state index contributed by atoms with van der Waals surface area (Å²) in [7, 11) is 0. The molecular formula is C29H40F2N6O3. The first-order chi connectivity index (χ1) is 19.0. The smallest absolute Gasteiger partial charge is 0.248 e. The number of fused-ring (bicyclic) bond motifs is 1. The largest absolute Gasteiger partial charge is 0.341 e. The fourth-order valence-electron chi connectivity index (χ4n) is 5.63. The second-order valence-corrected chi connectivity index (χ2v) is 11.3. The molecule has 218 valence electrons. The zero-order chi connectivity index (χ0) is 29.0. The van der Waals surface area contributed by atoms with Crippen molar-refractivity contribution in [2.75, 3.05) is 31.5 Å². The monoisotopic (exact) mass is 558 g/mol. The van der Waals surface area contributed by atoms with E-state index < -0.39 is 23.2 Å². The summed E-state index contributed by atoms with van der Waals surface area (Å²) in [6.45, 7) is 9.32. The van der Waals surface area contributed by atoms with Gasteiger partial charge in [0, 0.05) is 51.4 Å². The van der Waals surface area contributed by atoms with Crippen molar-refractivity contribution in [1.29, 1.82) is 0 Å².